The maximum atomic E-state index is 12.4. The summed E-state index contributed by atoms with van der Waals surface area (Å²) >= 11 is 0. The molecular weight excluding hydrogens is 262 g/mol. The van der Waals surface area contributed by atoms with E-state index in [1.807, 2.05) is 13.0 Å². The van der Waals surface area contributed by atoms with Crippen LogP contribution >= 0.6 is 0 Å². The molecule has 4 rings (SSSR count). The average molecular weight is 285 g/mol. The summed E-state index contributed by atoms with van der Waals surface area (Å²) in [6.45, 7) is 4.51. The lowest BCUT2D eigenvalue weighted by atomic mass is 9.78. The Morgan fingerprint density at radius 3 is 2.67 bits per heavy atom. The zero-order chi connectivity index (χ0) is 14.8. The Labute approximate surface area is 126 Å². The third-order valence-corrected chi connectivity index (χ3v) is 4.74. The number of hydrogen-bond acceptors (Lipinski definition) is 3. The number of ether oxygens (including phenoxy) is 1. The maximum Gasteiger partial charge on any atom is 0.323 e. The van der Waals surface area contributed by atoms with Crippen molar-refractivity contribution in [3.8, 4) is 0 Å². The van der Waals surface area contributed by atoms with Gasteiger partial charge in [0, 0.05) is 18.0 Å². The Kier molecular flexibility index (Phi) is 4.11. The second-order valence-corrected chi connectivity index (χ2v) is 5.92. The molecule has 2 heterocycles. The van der Waals surface area contributed by atoms with Crippen molar-refractivity contribution < 1.29 is 9.53 Å². The van der Waals surface area contributed by atoms with E-state index in [1.165, 1.54) is 5.56 Å². The molecule has 2 aliphatic heterocycles. The van der Waals surface area contributed by atoms with Crippen LogP contribution in [-0.2, 0) is 9.53 Å². The fourth-order valence-electron chi connectivity index (χ4n) is 3.72. The Balaban J connectivity index is 1.90. The molecule has 21 heavy (non-hydrogen) atoms. The van der Waals surface area contributed by atoms with Crippen LogP contribution < -0.4 is 0 Å². The van der Waals surface area contributed by atoms with Gasteiger partial charge >= 0.3 is 5.97 Å². The van der Waals surface area contributed by atoms with Crippen LogP contribution in [0.4, 0.5) is 0 Å². The Morgan fingerprint density at radius 2 is 2.05 bits per heavy atom. The van der Waals surface area contributed by atoms with E-state index in [2.05, 4.69) is 48.2 Å². The van der Waals surface area contributed by atoms with E-state index in [0.29, 0.717) is 18.6 Å². The standard InChI is InChI=1S/C18H23NO2/c1-3-21-18(20)17-15-9-11-16(12-10-15)19(17)13(2)14-7-5-4-6-8-14/h4-9,11,13,15-17H,3,10,12H2,1-2H3/t13-,15+,16-,17-/m0/s1. The lowest BCUT2D eigenvalue weighted by molar-refractivity contribution is -0.156. The molecule has 3 nitrogen and oxygen atoms in total. The molecule has 2 bridgehead atoms. The molecule has 1 fully saturated rings. The minimum Gasteiger partial charge on any atom is -0.465 e. The number of benzene rings is 1. The third kappa shape index (κ3) is 2.62. The third-order valence-electron chi connectivity index (χ3n) is 4.74. The monoisotopic (exact) mass is 285 g/mol. The number of fused-ring (bicyclic) bond motifs is 2. The highest BCUT2D eigenvalue weighted by molar-refractivity contribution is 5.77. The predicted octanol–water partition coefficient (Wildman–Crippen LogP) is 3.33. The number of piperidine rings is 1. The van der Waals surface area contributed by atoms with E-state index in [4.69, 9.17) is 4.74 Å². The summed E-state index contributed by atoms with van der Waals surface area (Å²) in [5.74, 6) is 0.222. The van der Waals surface area contributed by atoms with E-state index in [9.17, 15) is 4.79 Å². The molecule has 0 unspecified atom stereocenters. The topological polar surface area (TPSA) is 29.5 Å². The first-order valence-electron chi connectivity index (χ1n) is 7.89. The zero-order valence-electron chi connectivity index (χ0n) is 12.7. The molecule has 3 aliphatic rings. The number of rotatable bonds is 4. The lowest BCUT2D eigenvalue weighted by Crippen LogP contribution is -2.57. The highest BCUT2D eigenvalue weighted by Crippen LogP contribution is 2.40. The molecule has 1 aliphatic carbocycles. The predicted molar refractivity (Wildman–Crippen MR) is 82.8 cm³/mol. The van der Waals surface area contributed by atoms with Crippen molar-refractivity contribution in [1.82, 2.24) is 4.90 Å². The quantitative estimate of drug-likeness (QED) is 0.628. The smallest absolute Gasteiger partial charge is 0.323 e. The van der Waals surface area contributed by atoms with Gasteiger partial charge in [-0.15, -0.1) is 0 Å². The molecule has 0 saturated carbocycles. The van der Waals surface area contributed by atoms with Gasteiger partial charge in [0.15, 0.2) is 0 Å². The van der Waals surface area contributed by atoms with Crippen molar-refractivity contribution in [2.24, 2.45) is 5.92 Å². The zero-order valence-corrected chi connectivity index (χ0v) is 12.7. The molecule has 1 saturated heterocycles. The van der Waals surface area contributed by atoms with Crippen molar-refractivity contribution in [3.63, 3.8) is 0 Å². The van der Waals surface area contributed by atoms with Gasteiger partial charge in [0.25, 0.3) is 0 Å². The van der Waals surface area contributed by atoms with Gasteiger partial charge in [-0.3, -0.25) is 9.69 Å². The van der Waals surface area contributed by atoms with Crippen LogP contribution in [0.25, 0.3) is 0 Å². The molecule has 1 aromatic carbocycles. The number of hydrogen-bond donors (Lipinski definition) is 0. The highest BCUT2D eigenvalue weighted by atomic mass is 16.5. The van der Waals surface area contributed by atoms with Crippen molar-refractivity contribution in [2.75, 3.05) is 6.61 Å². The molecule has 112 valence electrons. The SMILES string of the molecule is CCOC(=O)[C@@H]1[C@@H]2C=C[C@@H](CC2)N1[C@@H](C)c1ccccc1. The van der Waals surface area contributed by atoms with Gasteiger partial charge in [0.2, 0.25) is 0 Å². The van der Waals surface area contributed by atoms with Crippen LogP contribution in [0.2, 0.25) is 0 Å². The molecule has 1 aromatic rings. The number of carbonyl (C=O) groups excluding carboxylic acids is 1. The van der Waals surface area contributed by atoms with Gasteiger partial charge in [0.1, 0.15) is 6.04 Å². The van der Waals surface area contributed by atoms with Gasteiger partial charge in [-0.2, -0.15) is 0 Å². The van der Waals surface area contributed by atoms with Gasteiger partial charge in [-0.05, 0) is 32.3 Å². The summed E-state index contributed by atoms with van der Waals surface area (Å²) in [6.07, 6.45) is 6.70. The van der Waals surface area contributed by atoms with Crippen molar-refractivity contribution >= 4 is 5.97 Å². The van der Waals surface area contributed by atoms with Crippen LogP contribution in [0.15, 0.2) is 42.5 Å². The summed E-state index contributed by atoms with van der Waals surface area (Å²) in [5, 5.41) is 0. The van der Waals surface area contributed by atoms with Gasteiger partial charge < -0.3 is 4.74 Å². The van der Waals surface area contributed by atoms with Crippen LogP contribution in [-0.4, -0.2) is 29.6 Å². The second kappa shape index (κ2) is 6.02. The Bertz CT molecular complexity index is 525. The normalized spacial score (nSPS) is 29.3. The van der Waals surface area contributed by atoms with Gasteiger partial charge in [-0.1, -0.05) is 42.5 Å². The average Bonchev–Trinajstić information content (AvgIpc) is 2.55. The van der Waals surface area contributed by atoms with E-state index >= 15 is 0 Å². The summed E-state index contributed by atoms with van der Waals surface area (Å²) < 4.78 is 5.34. The molecule has 3 heteroatoms. The highest BCUT2D eigenvalue weighted by Gasteiger charge is 2.45. The first-order valence-corrected chi connectivity index (χ1v) is 7.89. The summed E-state index contributed by atoms with van der Waals surface area (Å²) in [7, 11) is 0. The first kappa shape index (κ1) is 14.3. The molecule has 0 amide bonds. The van der Waals surface area contributed by atoms with Gasteiger partial charge in [0.05, 0.1) is 6.61 Å². The van der Waals surface area contributed by atoms with E-state index in [1.54, 1.807) is 0 Å². The number of esters is 1. The van der Waals surface area contributed by atoms with Crippen molar-refractivity contribution in [3.05, 3.63) is 48.0 Å². The van der Waals surface area contributed by atoms with Crippen molar-refractivity contribution in [1.29, 1.82) is 0 Å². The van der Waals surface area contributed by atoms with Crippen LogP contribution in [0.1, 0.15) is 38.3 Å². The molecule has 0 aromatic heterocycles. The molecule has 0 spiro atoms. The summed E-state index contributed by atoms with van der Waals surface area (Å²) in [5.41, 5.74) is 1.26. The Hall–Kier alpha value is -1.61. The minimum atomic E-state index is -0.135. The fourth-order valence-corrected chi connectivity index (χ4v) is 3.72. The largest absolute Gasteiger partial charge is 0.465 e. The molecular formula is C18H23NO2. The second-order valence-electron chi connectivity index (χ2n) is 5.92. The number of carbonyl (C=O) groups is 1. The van der Waals surface area contributed by atoms with E-state index in [0.717, 1.165) is 12.8 Å². The fraction of sp³-hybridized carbons (Fsp3) is 0.500. The first-order chi connectivity index (χ1) is 10.2. The van der Waals surface area contributed by atoms with Crippen molar-refractivity contribution in [2.45, 2.75) is 44.8 Å². The van der Waals surface area contributed by atoms with Crippen LogP contribution in [0.3, 0.4) is 0 Å². The molecule has 4 atom stereocenters. The van der Waals surface area contributed by atoms with E-state index in [-0.39, 0.29) is 18.1 Å². The summed E-state index contributed by atoms with van der Waals surface area (Å²) in [6, 6.07) is 10.9. The Morgan fingerprint density at radius 1 is 1.29 bits per heavy atom. The molecule has 0 radical (unpaired) electrons. The van der Waals surface area contributed by atoms with E-state index < -0.39 is 0 Å². The molecule has 0 N–H and O–H groups in total. The summed E-state index contributed by atoms with van der Waals surface area (Å²) in [4.78, 5) is 14.8. The maximum absolute atomic E-state index is 12.4. The van der Waals surface area contributed by atoms with Gasteiger partial charge in [-0.25, -0.2) is 0 Å². The lowest BCUT2D eigenvalue weighted by Gasteiger charge is -2.49. The minimum absolute atomic E-state index is 0.0701. The number of nitrogens with zero attached hydrogens (tertiary/aromatic N) is 1. The van der Waals surface area contributed by atoms with Crippen LogP contribution in [0, 0.1) is 5.92 Å². The van der Waals surface area contributed by atoms with Crippen LogP contribution in [0.5, 0.6) is 0 Å².